The Balaban J connectivity index is 1.09. The summed E-state index contributed by atoms with van der Waals surface area (Å²) in [4.78, 5) is 4.97. The minimum atomic E-state index is -0.883. The third kappa shape index (κ3) is 8.11. The minimum Gasteiger partial charge on any atom is -0.454 e. The van der Waals surface area contributed by atoms with Gasteiger partial charge >= 0.3 is 0 Å². The molecule has 1 aliphatic carbocycles. The highest BCUT2D eigenvalue weighted by atomic mass is 32.1. The molecule has 4 aliphatic heterocycles. The largest absolute Gasteiger partial charge is 0.454 e. The van der Waals surface area contributed by atoms with Crippen LogP contribution in [0.1, 0.15) is 126 Å². The maximum absolute atomic E-state index is 7.47. The molecule has 0 saturated heterocycles. The number of hydrogen-bond donors (Lipinski definition) is 0. The van der Waals surface area contributed by atoms with Crippen LogP contribution >= 0.6 is 22.7 Å². The van der Waals surface area contributed by atoms with E-state index < -0.39 is 5.41 Å². The van der Waals surface area contributed by atoms with Crippen molar-refractivity contribution in [2.45, 2.75) is 103 Å². The molecule has 0 spiro atoms. The smallest absolute Gasteiger partial charge is 0.160 e. The summed E-state index contributed by atoms with van der Waals surface area (Å²) in [6.45, 7) is 25.5. The fourth-order valence-electron chi connectivity index (χ4n) is 14.7. The number of furan rings is 1. The van der Waals surface area contributed by atoms with Gasteiger partial charge in [-0.2, -0.15) is 0 Å². The van der Waals surface area contributed by atoms with Crippen molar-refractivity contribution in [1.82, 2.24) is 0 Å². The Morgan fingerprint density at radius 1 is 0.391 bits per heavy atom. The van der Waals surface area contributed by atoms with Crippen molar-refractivity contribution in [2.24, 2.45) is 0 Å². The zero-order chi connectivity index (χ0) is 59.7. The average molecular weight is 1160 g/mol. The van der Waals surface area contributed by atoms with Crippen LogP contribution in [0.5, 0.6) is 0 Å². The van der Waals surface area contributed by atoms with Gasteiger partial charge in [-0.25, -0.2) is 0 Å². The summed E-state index contributed by atoms with van der Waals surface area (Å²) >= 11 is 3.80. The minimum absolute atomic E-state index is 0.00778. The van der Waals surface area contributed by atoms with Gasteiger partial charge in [0.2, 0.25) is 0 Å². The second-order valence-electron chi connectivity index (χ2n) is 28.1. The molecule has 0 saturated carbocycles. The summed E-state index contributed by atoms with van der Waals surface area (Å²) in [6.07, 6.45) is 0. The molecule has 0 radical (unpaired) electrons. The third-order valence-electron chi connectivity index (χ3n) is 19.4. The zero-order valence-electron chi connectivity index (χ0n) is 51.5. The summed E-state index contributed by atoms with van der Waals surface area (Å²) in [5.74, 6) is 0. The molecule has 14 aromatic rings. The van der Waals surface area contributed by atoms with Crippen molar-refractivity contribution < 1.29 is 4.42 Å². The number of fused-ring (bicyclic) bond motifs is 9. The van der Waals surface area contributed by atoms with Gasteiger partial charge in [0.1, 0.15) is 5.58 Å². The quantitative estimate of drug-likeness (QED) is 0.171. The molecule has 19 rings (SSSR count). The number of benzene rings is 11. The highest BCUT2D eigenvalue weighted by Gasteiger charge is 2.49. The second-order valence-corrected chi connectivity index (χ2v) is 30.3. The van der Waals surface area contributed by atoms with Gasteiger partial charge in [-0.3, -0.25) is 0 Å². The summed E-state index contributed by atoms with van der Waals surface area (Å²) in [5.41, 5.74) is 20.7. The first-order valence-electron chi connectivity index (χ1n) is 30.8. The Bertz CT molecular complexity index is 5050. The van der Waals surface area contributed by atoms with Gasteiger partial charge in [-0.15, -0.1) is 22.7 Å². The monoisotopic (exact) mass is 1160 g/mol. The molecule has 3 nitrogen and oxygen atoms in total. The number of para-hydroxylation sites is 1. The molecular weight excluding hydrogens is 1090 g/mol. The van der Waals surface area contributed by atoms with Gasteiger partial charge in [0.05, 0.1) is 11.1 Å². The number of rotatable bonds is 5. The van der Waals surface area contributed by atoms with Crippen LogP contribution in [0.3, 0.4) is 0 Å². The number of nitrogens with zero attached hydrogens (tertiary/aromatic N) is 2. The molecule has 1 unspecified atom stereocenters. The van der Waals surface area contributed by atoms with Crippen LogP contribution in [0.25, 0.3) is 73.4 Å². The molecule has 87 heavy (non-hydrogen) atoms. The van der Waals surface area contributed by atoms with Crippen LogP contribution in [0.15, 0.2) is 229 Å². The molecule has 0 N–H and O–H groups in total. The Hall–Kier alpha value is -8.74. The molecule has 3 aromatic heterocycles. The van der Waals surface area contributed by atoms with Crippen LogP contribution in [-0.4, -0.2) is 0 Å². The summed E-state index contributed by atoms with van der Waals surface area (Å²) < 4.78 is 12.6. The van der Waals surface area contributed by atoms with Crippen molar-refractivity contribution in [1.29, 1.82) is 0 Å². The third-order valence-corrected chi connectivity index (χ3v) is 21.7. The van der Waals surface area contributed by atoms with Crippen molar-refractivity contribution in [3.05, 3.63) is 275 Å². The standard InChI is InChI=1S/C82H70N2OS2/c1-78(2,3)49-23-33-55(34-24-49)83(56-35-25-50(26-36-56)79(4,5)6)59-41-43-61-66(47-59)82(53-32-44-71-64(45-53)60-17-13-15-21-70(60)86-71)54-31-42-63-73(46-54)87-72-22-16-19-65(74(63)72)81(10,11)52-29-39-58(40-30-52)84(57-37-27-51(28-38-57)80(7,8)9)68-48-67(82)75(61)76-62-18-12-14-20-69(62)85-77(68)76/h12-48H,1-11H3. The Kier molecular flexibility index (Phi) is 11.7. The normalized spacial score (nSPS) is 15.6. The summed E-state index contributed by atoms with van der Waals surface area (Å²) in [5, 5.41) is 7.38. The van der Waals surface area contributed by atoms with Crippen molar-refractivity contribution in [3.63, 3.8) is 0 Å². The van der Waals surface area contributed by atoms with E-state index in [0.717, 1.165) is 56.1 Å². The zero-order valence-corrected chi connectivity index (χ0v) is 53.1. The van der Waals surface area contributed by atoms with Crippen molar-refractivity contribution in [2.75, 3.05) is 9.80 Å². The maximum atomic E-state index is 7.47. The van der Waals surface area contributed by atoms with Gasteiger partial charge in [-0.05, 0) is 181 Å². The lowest BCUT2D eigenvalue weighted by atomic mass is 9.67. The first-order chi connectivity index (χ1) is 41.7. The highest BCUT2D eigenvalue weighted by Crippen LogP contribution is 2.63. The molecule has 11 aromatic carbocycles. The Morgan fingerprint density at radius 3 is 1.60 bits per heavy atom. The van der Waals surface area contributed by atoms with Gasteiger partial charge in [0.25, 0.3) is 0 Å². The van der Waals surface area contributed by atoms with E-state index in [1.807, 2.05) is 22.7 Å². The highest BCUT2D eigenvalue weighted by molar-refractivity contribution is 7.26. The predicted molar refractivity (Wildman–Crippen MR) is 374 cm³/mol. The lowest BCUT2D eigenvalue weighted by molar-refractivity contribution is 0.590. The first-order valence-corrected chi connectivity index (χ1v) is 32.4. The molecule has 1 atom stereocenters. The van der Waals surface area contributed by atoms with Gasteiger partial charge in [0, 0.05) is 85.0 Å². The van der Waals surface area contributed by atoms with E-state index in [0.29, 0.717) is 0 Å². The van der Waals surface area contributed by atoms with Crippen LogP contribution < -0.4 is 9.80 Å². The molecule has 0 fully saturated rings. The molecule has 5 aliphatic rings. The molecule has 8 bridgehead atoms. The summed E-state index contributed by atoms with van der Waals surface area (Å²) in [6, 6.07) is 86.9. The van der Waals surface area contributed by atoms with Gasteiger partial charge < -0.3 is 14.2 Å². The van der Waals surface area contributed by atoms with E-state index in [-0.39, 0.29) is 21.7 Å². The molecule has 7 heterocycles. The fraction of sp³-hybridized carbons (Fsp3) is 0.195. The predicted octanol–water partition coefficient (Wildman–Crippen LogP) is 24.2. The fourth-order valence-corrected chi connectivity index (χ4v) is 16.9. The van der Waals surface area contributed by atoms with E-state index >= 15 is 0 Å². The molecule has 5 heteroatoms. The Labute approximate surface area is 518 Å². The molecule has 426 valence electrons. The van der Waals surface area contributed by atoms with Crippen molar-refractivity contribution >= 4 is 119 Å². The van der Waals surface area contributed by atoms with E-state index in [2.05, 4.69) is 310 Å². The van der Waals surface area contributed by atoms with E-state index in [9.17, 15) is 0 Å². The topological polar surface area (TPSA) is 19.6 Å². The Morgan fingerprint density at radius 2 is 0.931 bits per heavy atom. The maximum Gasteiger partial charge on any atom is 0.160 e. The van der Waals surface area contributed by atoms with Crippen LogP contribution in [0.2, 0.25) is 0 Å². The van der Waals surface area contributed by atoms with Crippen LogP contribution in [0.4, 0.5) is 34.1 Å². The SMILES string of the molecule is CC(C)(C)c1ccc(N(c2ccc(C(C)(C)C)cc2)c2ccc3c(c2)C2(c4ccc5sc6ccccc6c5c4)c4ccc5c(c4)sc4cccc(c45)C(C)(C)c4ccc(cc4)N(c4ccc(C(C)(C)C)cc4)c4cc2c-3c2c4oc3ccccc32)cc1. The van der Waals surface area contributed by atoms with Crippen molar-refractivity contribution in [3.8, 4) is 11.1 Å². The van der Waals surface area contributed by atoms with Crippen LogP contribution in [0, 0.1) is 0 Å². The van der Waals surface area contributed by atoms with Gasteiger partial charge in [0.15, 0.2) is 5.58 Å². The first kappa shape index (κ1) is 53.7. The average Bonchev–Trinajstić information content (AvgIpc) is 1.53. The van der Waals surface area contributed by atoms with Gasteiger partial charge in [-0.1, -0.05) is 197 Å². The lowest BCUT2D eigenvalue weighted by Crippen LogP contribution is -2.29. The number of hydrogen-bond acceptors (Lipinski definition) is 5. The lowest BCUT2D eigenvalue weighted by Gasteiger charge is -2.36. The van der Waals surface area contributed by atoms with E-state index in [1.165, 1.54) is 102 Å². The molecular formula is C82H70N2OS2. The van der Waals surface area contributed by atoms with Crippen LogP contribution in [-0.2, 0) is 27.1 Å². The second kappa shape index (κ2) is 18.9. The number of anilines is 6. The van der Waals surface area contributed by atoms with E-state index in [1.54, 1.807) is 0 Å². The number of thiophene rings is 2. The van der Waals surface area contributed by atoms with E-state index in [4.69, 9.17) is 4.42 Å². The summed E-state index contributed by atoms with van der Waals surface area (Å²) in [7, 11) is 0. The molecule has 0 amide bonds.